The van der Waals surface area contributed by atoms with Crippen LogP contribution in [-0.4, -0.2) is 10.4 Å². The topological polar surface area (TPSA) is 43.1 Å². The summed E-state index contributed by atoms with van der Waals surface area (Å²) in [4.78, 5) is 11.2. The van der Waals surface area contributed by atoms with E-state index in [0.29, 0.717) is 21.9 Å². The Morgan fingerprint density at radius 1 is 1.11 bits per heavy atom. The number of hydrogen-bond acceptors (Lipinski definition) is 3. The number of rotatable bonds is 2. The van der Waals surface area contributed by atoms with E-state index in [0.717, 1.165) is 10.9 Å². The Kier molecular flexibility index (Phi) is 3.01. The highest BCUT2D eigenvalue weighted by Crippen LogP contribution is 2.30. The van der Waals surface area contributed by atoms with E-state index >= 15 is 0 Å². The van der Waals surface area contributed by atoms with Gasteiger partial charge in [0.1, 0.15) is 5.52 Å². The van der Waals surface area contributed by atoms with Crippen molar-refractivity contribution >= 4 is 39.3 Å². The number of carbonyl (C=O) groups is 1. The maximum absolute atomic E-state index is 11.2. The lowest BCUT2D eigenvalue weighted by Crippen LogP contribution is -1.87. The lowest BCUT2D eigenvalue weighted by molar-refractivity contribution is 0.108. The average molecular weight is 292 g/mol. The fourth-order valence-corrected chi connectivity index (χ4v) is 2.12. The number of nitrogens with zero attached hydrogens (tertiary/aromatic N) is 1. The minimum Gasteiger partial charge on any atom is -0.355 e. The highest BCUT2D eigenvalue weighted by Gasteiger charge is 2.13. The van der Waals surface area contributed by atoms with Gasteiger partial charge in [0.25, 0.3) is 5.24 Å². The van der Waals surface area contributed by atoms with Crippen molar-refractivity contribution in [3.8, 4) is 11.3 Å². The first kappa shape index (κ1) is 12.2. The molecule has 0 atom stereocenters. The van der Waals surface area contributed by atoms with Crippen molar-refractivity contribution < 1.29 is 9.32 Å². The summed E-state index contributed by atoms with van der Waals surface area (Å²) in [6.07, 6.45) is 0. The highest BCUT2D eigenvalue weighted by molar-refractivity contribution is 6.67. The lowest BCUT2D eigenvalue weighted by Gasteiger charge is -1.98. The van der Waals surface area contributed by atoms with Crippen molar-refractivity contribution in [3.63, 3.8) is 0 Å². The molecular formula is C14H7Cl2NO2. The smallest absolute Gasteiger partial charge is 0.252 e. The van der Waals surface area contributed by atoms with Gasteiger partial charge in [0.05, 0.1) is 5.39 Å². The van der Waals surface area contributed by atoms with Crippen LogP contribution in [0.2, 0.25) is 5.02 Å². The maximum Gasteiger partial charge on any atom is 0.252 e. The molecule has 0 aliphatic rings. The first-order valence-corrected chi connectivity index (χ1v) is 6.26. The molecule has 3 rings (SSSR count). The third kappa shape index (κ3) is 2.23. The molecule has 0 radical (unpaired) electrons. The highest BCUT2D eigenvalue weighted by atomic mass is 35.5. The van der Waals surface area contributed by atoms with Gasteiger partial charge >= 0.3 is 0 Å². The van der Waals surface area contributed by atoms with Crippen molar-refractivity contribution in [2.45, 2.75) is 0 Å². The molecule has 0 amide bonds. The molecule has 0 N–H and O–H groups in total. The van der Waals surface area contributed by atoms with Gasteiger partial charge in [-0.1, -0.05) is 16.8 Å². The van der Waals surface area contributed by atoms with Crippen LogP contribution in [0.15, 0.2) is 47.0 Å². The second-order valence-corrected chi connectivity index (χ2v) is 4.80. The molecule has 19 heavy (non-hydrogen) atoms. The van der Waals surface area contributed by atoms with E-state index in [1.165, 1.54) is 0 Å². The van der Waals surface area contributed by atoms with Crippen LogP contribution < -0.4 is 0 Å². The Hall–Kier alpha value is -1.84. The van der Waals surface area contributed by atoms with Gasteiger partial charge in [-0.3, -0.25) is 4.79 Å². The summed E-state index contributed by atoms with van der Waals surface area (Å²) in [6, 6.07) is 12.2. The molecule has 0 saturated carbocycles. The molecule has 0 fully saturated rings. The van der Waals surface area contributed by atoms with Gasteiger partial charge in [-0.25, -0.2) is 0 Å². The van der Waals surface area contributed by atoms with Crippen molar-refractivity contribution in [1.29, 1.82) is 0 Å². The summed E-state index contributed by atoms with van der Waals surface area (Å²) >= 11 is 11.3. The molecule has 1 heterocycles. The van der Waals surface area contributed by atoms with E-state index in [1.54, 1.807) is 30.3 Å². The second kappa shape index (κ2) is 4.68. The van der Waals surface area contributed by atoms with E-state index in [-0.39, 0.29) is 0 Å². The summed E-state index contributed by atoms with van der Waals surface area (Å²) < 4.78 is 5.33. The van der Waals surface area contributed by atoms with E-state index in [9.17, 15) is 4.79 Å². The van der Waals surface area contributed by atoms with E-state index < -0.39 is 5.24 Å². The largest absolute Gasteiger partial charge is 0.355 e. The number of hydrogen-bond donors (Lipinski definition) is 0. The third-order valence-corrected chi connectivity index (χ3v) is 3.28. The molecule has 0 aliphatic carbocycles. The number of halogens is 2. The molecule has 0 spiro atoms. The molecule has 1 aromatic heterocycles. The molecule has 3 nitrogen and oxygen atoms in total. The van der Waals surface area contributed by atoms with Gasteiger partial charge in [0.15, 0.2) is 5.76 Å². The zero-order valence-corrected chi connectivity index (χ0v) is 11.1. The Labute approximate surface area is 118 Å². The second-order valence-electron chi connectivity index (χ2n) is 4.02. The normalized spacial score (nSPS) is 10.8. The van der Waals surface area contributed by atoms with Crippen molar-refractivity contribution in [2.75, 3.05) is 0 Å². The molecule has 0 saturated heterocycles. The summed E-state index contributed by atoms with van der Waals surface area (Å²) in [7, 11) is 0. The molecule has 0 bridgehead atoms. The molecule has 0 aliphatic heterocycles. The molecule has 0 unspecified atom stereocenters. The number of carbonyl (C=O) groups excluding carboxylic acids is 1. The minimum absolute atomic E-state index is 0.410. The van der Waals surface area contributed by atoms with E-state index in [2.05, 4.69) is 5.16 Å². The molecule has 3 aromatic rings. The SMILES string of the molecule is O=C(Cl)c1ccc2noc(-c3ccc(Cl)cc3)c2c1. The Morgan fingerprint density at radius 2 is 1.84 bits per heavy atom. The first-order valence-electron chi connectivity index (χ1n) is 5.50. The monoisotopic (exact) mass is 291 g/mol. The van der Waals surface area contributed by atoms with Crippen molar-refractivity contribution in [2.24, 2.45) is 0 Å². The number of fused-ring (bicyclic) bond motifs is 1. The van der Waals surface area contributed by atoms with E-state index in [1.807, 2.05) is 12.1 Å². The van der Waals surface area contributed by atoms with Crippen molar-refractivity contribution in [1.82, 2.24) is 5.16 Å². The minimum atomic E-state index is -0.509. The molecular weight excluding hydrogens is 285 g/mol. The predicted molar refractivity (Wildman–Crippen MR) is 74.6 cm³/mol. The lowest BCUT2D eigenvalue weighted by atomic mass is 10.1. The molecule has 2 aromatic carbocycles. The Bertz CT molecular complexity index is 763. The summed E-state index contributed by atoms with van der Waals surface area (Å²) in [5.74, 6) is 0.589. The molecule has 94 valence electrons. The van der Waals surface area contributed by atoms with Crippen LogP contribution in [0, 0.1) is 0 Å². The van der Waals surface area contributed by atoms with Gasteiger partial charge in [0.2, 0.25) is 0 Å². The van der Waals surface area contributed by atoms with Gasteiger partial charge in [-0.05, 0) is 54.1 Å². The van der Waals surface area contributed by atoms with Gasteiger partial charge < -0.3 is 4.52 Å². The zero-order valence-electron chi connectivity index (χ0n) is 9.56. The Morgan fingerprint density at radius 3 is 2.53 bits per heavy atom. The molecule has 5 heteroatoms. The summed E-state index contributed by atoms with van der Waals surface area (Å²) in [6.45, 7) is 0. The summed E-state index contributed by atoms with van der Waals surface area (Å²) in [5, 5.41) is 4.83. The maximum atomic E-state index is 11.2. The number of benzene rings is 2. The van der Waals surface area contributed by atoms with Crippen LogP contribution in [0.25, 0.3) is 22.2 Å². The van der Waals surface area contributed by atoms with Gasteiger partial charge in [-0.15, -0.1) is 0 Å². The quantitative estimate of drug-likeness (QED) is 0.652. The van der Waals surface area contributed by atoms with Crippen LogP contribution in [0.5, 0.6) is 0 Å². The van der Waals surface area contributed by atoms with Crippen LogP contribution in [0.4, 0.5) is 0 Å². The zero-order chi connectivity index (χ0) is 13.4. The van der Waals surface area contributed by atoms with Crippen LogP contribution in [-0.2, 0) is 0 Å². The van der Waals surface area contributed by atoms with Crippen LogP contribution in [0.3, 0.4) is 0 Å². The fourth-order valence-electron chi connectivity index (χ4n) is 1.87. The number of aromatic nitrogens is 1. The average Bonchev–Trinajstić information content (AvgIpc) is 2.82. The van der Waals surface area contributed by atoms with Gasteiger partial charge in [-0.2, -0.15) is 0 Å². The Balaban J connectivity index is 2.21. The van der Waals surface area contributed by atoms with E-state index in [4.69, 9.17) is 27.7 Å². The fraction of sp³-hybridized carbons (Fsp3) is 0. The standard InChI is InChI=1S/C14H7Cl2NO2/c15-10-4-1-8(2-5-10)13-11-7-9(14(16)18)3-6-12(11)17-19-13/h1-7H. The summed E-state index contributed by atoms with van der Waals surface area (Å²) in [5.41, 5.74) is 1.92. The van der Waals surface area contributed by atoms with Crippen molar-refractivity contribution in [3.05, 3.63) is 53.1 Å². The van der Waals surface area contributed by atoms with Crippen LogP contribution in [0.1, 0.15) is 10.4 Å². The first-order chi connectivity index (χ1) is 9.15. The predicted octanol–water partition coefficient (Wildman–Crippen LogP) is 4.53. The van der Waals surface area contributed by atoms with Crippen LogP contribution >= 0.6 is 23.2 Å². The van der Waals surface area contributed by atoms with Gasteiger partial charge in [0, 0.05) is 16.1 Å². The third-order valence-electron chi connectivity index (χ3n) is 2.81.